The molecule has 0 amide bonds. The van der Waals surface area contributed by atoms with Crippen LogP contribution in [0.2, 0.25) is 0 Å². The fourth-order valence-corrected chi connectivity index (χ4v) is 1.55. The van der Waals surface area contributed by atoms with Crippen LogP contribution in [0.3, 0.4) is 0 Å². The Balaban J connectivity index is 2.05. The molecule has 7 nitrogen and oxygen atoms in total. The number of rotatable bonds is 5. The second-order valence-electron chi connectivity index (χ2n) is 4.38. The van der Waals surface area contributed by atoms with Gasteiger partial charge >= 0.3 is 0 Å². The van der Waals surface area contributed by atoms with E-state index in [1.807, 2.05) is 0 Å². The first-order valence-electron chi connectivity index (χ1n) is 5.60. The summed E-state index contributed by atoms with van der Waals surface area (Å²) >= 11 is 0. The smallest absolute Gasteiger partial charge is 0.199 e. The number of nitrogens with zero attached hydrogens (tertiary/aromatic N) is 6. The van der Waals surface area contributed by atoms with E-state index in [0.29, 0.717) is 11.7 Å². The van der Waals surface area contributed by atoms with Crippen LogP contribution in [0.4, 0.5) is 5.82 Å². The summed E-state index contributed by atoms with van der Waals surface area (Å²) < 4.78 is 1.65. The molecule has 17 heavy (non-hydrogen) atoms. The van der Waals surface area contributed by atoms with Gasteiger partial charge in [-0.1, -0.05) is 0 Å². The maximum Gasteiger partial charge on any atom is 0.199 e. The second kappa shape index (κ2) is 5.05. The molecule has 2 rings (SSSR count). The molecule has 0 fully saturated rings. The summed E-state index contributed by atoms with van der Waals surface area (Å²) in [5, 5.41) is 14.7. The molecule has 2 aromatic rings. The minimum absolute atomic E-state index is 0.342. The van der Waals surface area contributed by atoms with Gasteiger partial charge < -0.3 is 10.2 Å². The number of tetrazole rings is 1. The third kappa shape index (κ3) is 2.88. The summed E-state index contributed by atoms with van der Waals surface area (Å²) in [6.07, 6.45) is 4.41. The Hall–Kier alpha value is -1.76. The topological polar surface area (TPSA) is 71.2 Å². The van der Waals surface area contributed by atoms with Gasteiger partial charge in [-0.15, -0.1) is 5.10 Å². The highest BCUT2D eigenvalue weighted by Gasteiger charge is 2.07. The summed E-state index contributed by atoms with van der Waals surface area (Å²) in [6.45, 7) is 3.17. The molecule has 0 aliphatic heterocycles. The van der Waals surface area contributed by atoms with Crippen LogP contribution in [0.15, 0.2) is 12.4 Å². The van der Waals surface area contributed by atoms with Crippen molar-refractivity contribution in [1.29, 1.82) is 0 Å². The fraction of sp³-hybridized carbons (Fsp3) is 0.600. The SMILES string of the molecule is CC(CCN(C)C)Nc1cncc2nnnn12. The number of fused-ring (bicyclic) bond motifs is 1. The summed E-state index contributed by atoms with van der Waals surface area (Å²) in [5.41, 5.74) is 0.648. The molecule has 1 N–H and O–H groups in total. The normalized spacial score (nSPS) is 13.2. The third-order valence-corrected chi connectivity index (χ3v) is 2.51. The number of hydrogen-bond acceptors (Lipinski definition) is 6. The zero-order valence-electron chi connectivity index (χ0n) is 10.3. The highest BCUT2D eigenvalue weighted by Crippen LogP contribution is 2.08. The van der Waals surface area contributed by atoms with E-state index in [0.717, 1.165) is 18.8 Å². The molecule has 0 saturated carbocycles. The van der Waals surface area contributed by atoms with Crippen LogP contribution < -0.4 is 5.32 Å². The molecule has 1 unspecified atom stereocenters. The standard InChI is InChI=1S/C10H17N7/c1-8(4-5-16(2)3)12-9-6-11-7-10-13-14-15-17(9)10/h6-8,12H,4-5H2,1-3H3. The Morgan fingerprint density at radius 2 is 2.24 bits per heavy atom. The highest BCUT2D eigenvalue weighted by atomic mass is 15.5. The quantitative estimate of drug-likeness (QED) is 0.802. The van der Waals surface area contributed by atoms with Gasteiger partial charge in [-0.25, -0.2) is 0 Å². The van der Waals surface area contributed by atoms with Crippen LogP contribution in [0.5, 0.6) is 0 Å². The largest absolute Gasteiger partial charge is 0.366 e. The minimum Gasteiger partial charge on any atom is -0.366 e. The molecule has 0 radical (unpaired) electrons. The molecule has 0 aliphatic carbocycles. The summed E-state index contributed by atoms with van der Waals surface area (Å²) in [5.74, 6) is 0.818. The second-order valence-corrected chi connectivity index (χ2v) is 4.38. The molecule has 0 saturated heterocycles. The van der Waals surface area contributed by atoms with Gasteiger partial charge in [-0.3, -0.25) is 4.98 Å². The van der Waals surface area contributed by atoms with E-state index in [-0.39, 0.29) is 0 Å². The van der Waals surface area contributed by atoms with Crippen molar-refractivity contribution >= 4 is 11.5 Å². The van der Waals surface area contributed by atoms with E-state index in [1.165, 1.54) is 0 Å². The first kappa shape index (κ1) is 11.7. The van der Waals surface area contributed by atoms with Crippen LogP contribution >= 0.6 is 0 Å². The Morgan fingerprint density at radius 3 is 3.00 bits per heavy atom. The van der Waals surface area contributed by atoms with Crippen LogP contribution in [-0.4, -0.2) is 56.6 Å². The van der Waals surface area contributed by atoms with Crippen LogP contribution in [0, 0.1) is 0 Å². The molecule has 7 heteroatoms. The lowest BCUT2D eigenvalue weighted by atomic mass is 10.2. The minimum atomic E-state index is 0.342. The summed E-state index contributed by atoms with van der Waals surface area (Å²) in [6, 6.07) is 0.342. The van der Waals surface area contributed by atoms with Crippen molar-refractivity contribution < 1.29 is 0 Å². The van der Waals surface area contributed by atoms with Crippen LogP contribution in [0.1, 0.15) is 13.3 Å². The Morgan fingerprint density at radius 1 is 1.41 bits per heavy atom. The first-order valence-corrected chi connectivity index (χ1v) is 5.60. The molecular weight excluding hydrogens is 218 g/mol. The molecule has 2 aromatic heterocycles. The van der Waals surface area contributed by atoms with E-state index in [9.17, 15) is 0 Å². The lowest BCUT2D eigenvalue weighted by Crippen LogP contribution is -2.24. The lowest BCUT2D eigenvalue weighted by Gasteiger charge is -2.17. The molecule has 1 atom stereocenters. The van der Waals surface area contributed by atoms with Gasteiger partial charge in [0.1, 0.15) is 0 Å². The average Bonchev–Trinajstić information content (AvgIpc) is 2.75. The van der Waals surface area contributed by atoms with Gasteiger partial charge in [0.25, 0.3) is 0 Å². The molecule has 2 heterocycles. The lowest BCUT2D eigenvalue weighted by molar-refractivity contribution is 0.390. The first-order chi connectivity index (χ1) is 8.16. The number of nitrogens with one attached hydrogen (secondary N) is 1. The van der Waals surface area contributed by atoms with Gasteiger partial charge in [0, 0.05) is 6.04 Å². The third-order valence-electron chi connectivity index (χ3n) is 2.51. The van der Waals surface area contributed by atoms with Crippen molar-refractivity contribution in [3.8, 4) is 0 Å². The predicted octanol–water partition coefficient (Wildman–Crippen LogP) is 0.271. The predicted molar refractivity (Wildman–Crippen MR) is 64.8 cm³/mol. The highest BCUT2D eigenvalue weighted by molar-refractivity contribution is 5.44. The Kier molecular flexibility index (Phi) is 3.48. The number of aromatic nitrogens is 5. The van der Waals surface area contributed by atoms with Gasteiger partial charge in [-0.2, -0.15) is 4.52 Å². The van der Waals surface area contributed by atoms with Gasteiger partial charge in [0.05, 0.1) is 12.4 Å². The zero-order chi connectivity index (χ0) is 12.3. The monoisotopic (exact) mass is 235 g/mol. The number of hydrogen-bond donors (Lipinski definition) is 1. The zero-order valence-corrected chi connectivity index (χ0v) is 10.3. The maximum absolute atomic E-state index is 4.10. The van der Waals surface area contributed by atoms with E-state index in [1.54, 1.807) is 16.9 Å². The summed E-state index contributed by atoms with van der Waals surface area (Å²) in [7, 11) is 4.13. The van der Waals surface area contributed by atoms with Crippen molar-refractivity contribution in [2.75, 3.05) is 26.0 Å². The van der Waals surface area contributed by atoms with Crippen molar-refractivity contribution in [1.82, 2.24) is 29.9 Å². The Bertz CT molecular complexity index is 478. The Labute approximate surface area is 99.8 Å². The molecule has 0 spiro atoms. The molecule has 0 aromatic carbocycles. The molecule has 0 aliphatic rings. The maximum atomic E-state index is 4.10. The van der Waals surface area contributed by atoms with E-state index < -0.39 is 0 Å². The van der Waals surface area contributed by atoms with Gasteiger partial charge in [0.2, 0.25) is 0 Å². The van der Waals surface area contributed by atoms with Gasteiger partial charge in [-0.05, 0) is 44.4 Å². The van der Waals surface area contributed by atoms with Crippen molar-refractivity contribution in [2.24, 2.45) is 0 Å². The number of anilines is 1. The molecule has 0 bridgehead atoms. The average molecular weight is 235 g/mol. The van der Waals surface area contributed by atoms with E-state index >= 15 is 0 Å². The fourth-order valence-electron chi connectivity index (χ4n) is 1.55. The van der Waals surface area contributed by atoms with Crippen LogP contribution in [0.25, 0.3) is 5.65 Å². The van der Waals surface area contributed by atoms with E-state index in [2.05, 4.69) is 51.7 Å². The molecule has 92 valence electrons. The van der Waals surface area contributed by atoms with Crippen molar-refractivity contribution in [3.05, 3.63) is 12.4 Å². The van der Waals surface area contributed by atoms with Gasteiger partial charge in [0.15, 0.2) is 11.5 Å². The van der Waals surface area contributed by atoms with Crippen LogP contribution in [-0.2, 0) is 0 Å². The van der Waals surface area contributed by atoms with E-state index in [4.69, 9.17) is 0 Å². The van der Waals surface area contributed by atoms with Crippen molar-refractivity contribution in [3.63, 3.8) is 0 Å². The van der Waals surface area contributed by atoms with Crippen molar-refractivity contribution in [2.45, 2.75) is 19.4 Å². The molecular formula is C10H17N7. The summed E-state index contributed by atoms with van der Waals surface area (Å²) in [4.78, 5) is 6.26.